The highest BCUT2D eigenvalue weighted by Crippen LogP contribution is 2.25. The number of nitrogens with one attached hydrogen (secondary N) is 2. The fraction of sp³-hybridized carbons (Fsp3) is 0.130. The second kappa shape index (κ2) is 8.93. The number of hydrogen-bond acceptors (Lipinski definition) is 4. The lowest BCUT2D eigenvalue weighted by molar-refractivity contribution is -0.113. The van der Waals surface area contributed by atoms with Crippen molar-refractivity contribution in [2.45, 2.75) is 13.8 Å². The molecule has 0 saturated heterocycles. The summed E-state index contributed by atoms with van der Waals surface area (Å²) < 4.78 is 10.6. The summed E-state index contributed by atoms with van der Waals surface area (Å²) in [5, 5.41) is 5.47. The number of aryl methyl sites for hydroxylation is 2. The zero-order valence-corrected chi connectivity index (χ0v) is 16.5. The second-order valence-electron chi connectivity index (χ2n) is 6.55. The zero-order chi connectivity index (χ0) is 20.8. The Hall–Kier alpha value is -3.80. The molecule has 0 spiro atoms. The Labute approximate surface area is 169 Å². The fourth-order valence-electron chi connectivity index (χ4n) is 2.76. The highest BCUT2D eigenvalue weighted by Gasteiger charge is 2.17. The Morgan fingerprint density at radius 2 is 1.79 bits per heavy atom. The number of carbonyl (C=O) groups is 2. The van der Waals surface area contributed by atoms with E-state index in [-0.39, 0.29) is 5.70 Å². The molecular formula is C23H22N2O4. The van der Waals surface area contributed by atoms with Gasteiger partial charge in [-0.25, -0.2) is 0 Å². The summed E-state index contributed by atoms with van der Waals surface area (Å²) in [7, 11) is 1.53. The van der Waals surface area contributed by atoms with E-state index in [1.807, 2.05) is 26.0 Å². The number of rotatable bonds is 6. The van der Waals surface area contributed by atoms with Crippen LogP contribution in [0, 0.1) is 13.8 Å². The lowest BCUT2D eigenvalue weighted by atomic mass is 10.1. The Balaban J connectivity index is 1.89. The number of carbonyl (C=O) groups excluding carboxylic acids is 2. The van der Waals surface area contributed by atoms with Crippen LogP contribution in [0.2, 0.25) is 0 Å². The minimum Gasteiger partial charge on any atom is -0.495 e. The van der Waals surface area contributed by atoms with Crippen LogP contribution >= 0.6 is 0 Å². The van der Waals surface area contributed by atoms with Gasteiger partial charge >= 0.3 is 0 Å². The number of amides is 2. The van der Waals surface area contributed by atoms with E-state index in [9.17, 15) is 9.59 Å². The second-order valence-corrected chi connectivity index (χ2v) is 6.55. The molecular weight excluding hydrogens is 368 g/mol. The number of benzene rings is 2. The molecule has 0 radical (unpaired) electrons. The third kappa shape index (κ3) is 5.13. The first kappa shape index (κ1) is 19.9. The van der Waals surface area contributed by atoms with Crippen LogP contribution in [0.1, 0.15) is 27.2 Å². The Kier molecular flexibility index (Phi) is 6.14. The summed E-state index contributed by atoms with van der Waals surface area (Å²) in [6.45, 7) is 3.81. The summed E-state index contributed by atoms with van der Waals surface area (Å²) in [6, 6.07) is 16.0. The molecule has 0 aliphatic heterocycles. The third-order valence-corrected chi connectivity index (χ3v) is 4.21. The molecule has 6 heteroatoms. The standard InChI is InChI=1S/C23H22N2O4/c1-15-6-4-7-17(12-15)22(26)25-20(14-18-8-5-11-29-18)23(27)24-19-13-16(2)9-10-21(19)28-3/h4-14H,1-3H3,(H,24,27)(H,25,26)/b20-14-. The Morgan fingerprint density at radius 1 is 1.00 bits per heavy atom. The topological polar surface area (TPSA) is 80.6 Å². The predicted octanol–water partition coefficient (Wildman–Crippen LogP) is 4.31. The molecule has 0 saturated carbocycles. The highest BCUT2D eigenvalue weighted by molar-refractivity contribution is 6.11. The molecule has 3 rings (SSSR count). The van der Waals surface area contributed by atoms with Crippen LogP contribution in [0.4, 0.5) is 5.69 Å². The van der Waals surface area contributed by atoms with Crippen molar-refractivity contribution in [3.63, 3.8) is 0 Å². The van der Waals surface area contributed by atoms with Crippen LogP contribution in [0.15, 0.2) is 71.0 Å². The van der Waals surface area contributed by atoms with Crippen LogP contribution in [-0.2, 0) is 4.79 Å². The van der Waals surface area contributed by atoms with Gasteiger partial charge in [-0.1, -0.05) is 23.8 Å². The maximum absolute atomic E-state index is 13.0. The SMILES string of the molecule is COc1ccc(C)cc1NC(=O)/C(=C/c1ccco1)NC(=O)c1cccc(C)c1. The van der Waals surface area contributed by atoms with E-state index in [4.69, 9.17) is 9.15 Å². The summed E-state index contributed by atoms with van der Waals surface area (Å²) in [4.78, 5) is 25.6. The van der Waals surface area contributed by atoms with Crippen LogP contribution in [0.25, 0.3) is 6.08 Å². The summed E-state index contributed by atoms with van der Waals surface area (Å²) >= 11 is 0. The Bertz CT molecular complexity index is 1050. The van der Waals surface area contributed by atoms with Crippen molar-refractivity contribution in [2.24, 2.45) is 0 Å². The van der Waals surface area contributed by atoms with Gasteiger partial charge in [0.05, 0.1) is 19.1 Å². The molecule has 0 aliphatic carbocycles. The monoisotopic (exact) mass is 390 g/mol. The Morgan fingerprint density at radius 3 is 2.48 bits per heavy atom. The summed E-state index contributed by atoms with van der Waals surface area (Å²) in [6.07, 6.45) is 2.97. The molecule has 148 valence electrons. The molecule has 0 aliphatic rings. The van der Waals surface area contributed by atoms with Gasteiger partial charge in [-0.05, 0) is 55.8 Å². The lowest BCUT2D eigenvalue weighted by Gasteiger charge is -2.14. The normalized spacial score (nSPS) is 11.1. The molecule has 0 fully saturated rings. The molecule has 0 unspecified atom stereocenters. The van der Waals surface area contributed by atoms with Crippen molar-refractivity contribution in [1.82, 2.24) is 5.32 Å². The largest absolute Gasteiger partial charge is 0.495 e. The summed E-state index contributed by atoms with van der Waals surface area (Å²) in [5.74, 6) is 0.0753. The van der Waals surface area contributed by atoms with Crippen molar-refractivity contribution in [2.75, 3.05) is 12.4 Å². The fourth-order valence-corrected chi connectivity index (χ4v) is 2.76. The molecule has 6 nitrogen and oxygen atoms in total. The molecule has 2 N–H and O–H groups in total. The van der Waals surface area contributed by atoms with E-state index >= 15 is 0 Å². The maximum atomic E-state index is 13.0. The number of hydrogen-bond donors (Lipinski definition) is 2. The van der Waals surface area contributed by atoms with Crippen molar-refractivity contribution >= 4 is 23.6 Å². The number of furan rings is 1. The van der Waals surface area contributed by atoms with Crippen LogP contribution < -0.4 is 15.4 Å². The van der Waals surface area contributed by atoms with Crippen molar-refractivity contribution in [3.05, 3.63) is 89.0 Å². The van der Waals surface area contributed by atoms with Crippen molar-refractivity contribution in [1.29, 1.82) is 0 Å². The number of anilines is 1. The first-order chi connectivity index (χ1) is 14.0. The predicted molar refractivity (Wildman–Crippen MR) is 112 cm³/mol. The van der Waals surface area contributed by atoms with Gasteiger partial charge in [0.25, 0.3) is 11.8 Å². The van der Waals surface area contributed by atoms with Gasteiger partial charge in [-0.2, -0.15) is 0 Å². The molecule has 1 aromatic heterocycles. The van der Waals surface area contributed by atoms with Gasteiger partial charge in [0, 0.05) is 11.6 Å². The average molecular weight is 390 g/mol. The first-order valence-corrected chi connectivity index (χ1v) is 9.05. The first-order valence-electron chi connectivity index (χ1n) is 9.05. The molecule has 2 amide bonds. The smallest absolute Gasteiger partial charge is 0.272 e. The zero-order valence-electron chi connectivity index (χ0n) is 16.5. The quantitative estimate of drug-likeness (QED) is 0.615. The molecule has 3 aromatic rings. The van der Waals surface area contributed by atoms with E-state index in [0.717, 1.165) is 11.1 Å². The van der Waals surface area contributed by atoms with Crippen molar-refractivity contribution < 1.29 is 18.7 Å². The molecule has 0 atom stereocenters. The van der Waals surface area contributed by atoms with Gasteiger partial charge in [0.1, 0.15) is 17.2 Å². The minimum absolute atomic E-state index is 0.0509. The van der Waals surface area contributed by atoms with E-state index in [2.05, 4.69) is 10.6 Å². The van der Waals surface area contributed by atoms with Gasteiger partial charge in [-0.3, -0.25) is 9.59 Å². The van der Waals surface area contributed by atoms with E-state index in [0.29, 0.717) is 22.8 Å². The van der Waals surface area contributed by atoms with Gasteiger partial charge in [0.2, 0.25) is 0 Å². The van der Waals surface area contributed by atoms with Crippen LogP contribution in [0.5, 0.6) is 5.75 Å². The molecule has 0 bridgehead atoms. The summed E-state index contributed by atoms with van der Waals surface area (Å²) in [5.41, 5.74) is 2.92. The lowest BCUT2D eigenvalue weighted by Crippen LogP contribution is -2.30. The van der Waals surface area contributed by atoms with Crippen LogP contribution in [-0.4, -0.2) is 18.9 Å². The minimum atomic E-state index is -0.494. The molecule has 2 aromatic carbocycles. The van der Waals surface area contributed by atoms with E-state index in [1.54, 1.807) is 42.5 Å². The molecule has 1 heterocycles. The highest BCUT2D eigenvalue weighted by atomic mass is 16.5. The van der Waals surface area contributed by atoms with E-state index < -0.39 is 11.8 Å². The third-order valence-electron chi connectivity index (χ3n) is 4.21. The molecule has 29 heavy (non-hydrogen) atoms. The van der Waals surface area contributed by atoms with Crippen LogP contribution in [0.3, 0.4) is 0 Å². The number of methoxy groups -OCH3 is 1. The van der Waals surface area contributed by atoms with Gasteiger partial charge in [-0.15, -0.1) is 0 Å². The number of ether oxygens (including phenoxy) is 1. The van der Waals surface area contributed by atoms with Crippen molar-refractivity contribution in [3.8, 4) is 5.75 Å². The van der Waals surface area contributed by atoms with E-state index in [1.165, 1.54) is 19.4 Å². The average Bonchev–Trinajstić information content (AvgIpc) is 3.20. The van der Waals surface area contributed by atoms with Gasteiger partial charge in [0.15, 0.2) is 0 Å². The van der Waals surface area contributed by atoms with Gasteiger partial charge < -0.3 is 19.8 Å². The maximum Gasteiger partial charge on any atom is 0.272 e.